The molecule has 1 N–H and O–H groups in total. The van der Waals surface area contributed by atoms with Crippen molar-refractivity contribution in [2.24, 2.45) is 7.05 Å². The number of pyridine rings is 1. The topological polar surface area (TPSA) is 86.9 Å². The van der Waals surface area contributed by atoms with E-state index in [-0.39, 0.29) is 5.88 Å². The van der Waals surface area contributed by atoms with Crippen LogP contribution in [0.25, 0.3) is 11.2 Å². The van der Waals surface area contributed by atoms with Gasteiger partial charge in [-0.1, -0.05) is 23.7 Å². The molecule has 0 saturated carbocycles. The minimum absolute atomic E-state index is 0.109. The SMILES string of the molecule is Cn1cnc2c1c(=O)nc(Nc1ccc(Oc3ncccc3F)cc1)n2Cc1ccc(Cl)cc1. The maximum atomic E-state index is 13.8. The largest absolute Gasteiger partial charge is 0.436 e. The Balaban J connectivity index is 1.47. The zero-order valence-corrected chi connectivity index (χ0v) is 18.7. The van der Waals surface area contributed by atoms with Gasteiger partial charge in [0.15, 0.2) is 17.0 Å². The lowest BCUT2D eigenvalue weighted by molar-refractivity contribution is 0.423. The van der Waals surface area contributed by atoms with Crippen LogP contribution in [0.3, 0.4) is 0 Å². The molecule has 0 amide bonds. The Hall–Kier alpha value is -4.24. The highest BCUT2D eigenvalue weighted by atomic mass is 35.5. The molecule has 170 valence electrons. The van der Waals surface area contributed by atoms with Crippen LogP contribution in [0.5, 0.6) is 11.6 Å². The number of fused-ring (bicyclic) bond motifs is 1. The summed E-state index contributed by atoms with van der Waals surface area (Å²) in [7, 11) is 1.75. The zero-order valence-electron chi connectivity index (χ0n) is 17.9. The molecule has 0 saturated heterocycles. The van der Waals surface area contributed by atoms with Crippen molar-refractivity contribution in [3.05, 3.63) is 99.9 Å². The first-order chi connectivity index (χ1) is 16.5. The second kappa shape index (κ2) is 8.95. The number of ether oxygens (including phenoxy) is 1. The van der Waals surface area contributed by atoms with Crippen molar-refractivity contribution in [1.82, 2.24) is 24.1 Å². The van der Waals surface area contributed by atoms with Gasteiger partial charge in [0.1, 0.15) is 5.75 Å². The van der Waals surface area contributed by atoms with Crippen molar-refractivity contribution in [3.8, 4) is 11.6 Å². The van der Waals surface area contributed by atoms with Crippen molar-refractivity contribution in [2.45, 2.75) is 6.54 Å². The van der Waals surface area contributed by atoms with E-state index in [0.29, 0.717) is 40.1 Å². The van der Waals surface area contributed by atoms with Crippen LogP contribution in [0.2, 0.25) is 5.02 Å². The average molecular weight is 477 g/mol. The number of imidazole rings is 1. The van der Waals surface area contributed by atoms with Crippen LogP contribution < -0.4 is 15.6 Å². The van der Waals surface area contributed by atoms with Gasteiger partial charge < -0.3 is 14.6 Å². The summed E-state index contributed by atoms with van der Waals surface area (Å²) in [5.74, 6) is 0.0801. The molecule has 0 aliphatic heterocycles. The zero-order chi connectivity index (χ0) is 23.7. The highest BCUT2D eigenvalue weighted by Gasteiger charge is 2.16. The lowest BCUT2D eigenvalue weighted by Gasteiger charge is -2.15. The fourth-order valence-corrected chi connectivity index (χ4v) is 3.61. The molecule has 5 aromatic rings. The summed E-state index contributed by atoms with van der Waals surface area (Å²) in [4.78, 5) is 25.3. The predicted octanol–water partition coefficient (Wildman–Crippen LogP) is 4.90. The molecular formula is C24H18ClFN6O2. The molecule has 0 radical (unpaired) electrons. The second-order valence-electron chi connectivity index (χ2n) is 7.52. The Kier molecular flexibility index (Phi) is 5.69. The molecular weight excluding hydrogens is 459 g/mol. The molecule has 2 aromatic carbocycles. The summed E-state index contributed by atoms with van der Waals surface area (Å²) < 4.78 is 22.8. The van der Waals surface area contributed by atoms with Crippen LogP contribution in [-0.2, 0) is 13.6 Å². The van der Waals surface area contributed by atoms with E-state index in [0.717, 1.165) is 5.56 Å². The van der Waals surface area contributed by atoms with Gasteiger partial charge in [0, 0.05) is 24.0 Å². The Labute approximate surface area is 198 Å². The molecule has 0 unspecified atom stereocenters. The maximum Gasteiger partial charge on any atom is 0.300 e. The number of rotatable bonds is 6. The normalized spacial score (nSPS) is 11.0. The lowest BCUT2D eigenvalue weighted by atomic mass is 10.2. The summed E-state index contributed by atoms with van der Waals surface area (Å²) in [5, 5.41) is 3.82. The third-order valence-corrected chi connectivity index (χ3v) is 5.39. The summed E-state index contributed by atoms with van der Waals surface area (Å²) in [6.45, 7) is 0.417. The number of halogens is 2. The van der Waals surface area contributed by atoms with E-state index in [1.165, 1.54) is 18.3 Å². The summed E-state index contributed by atoms with van der Waals surface area (Å²) in [6.07, 6.45) is 3.03. The van der Waals surface area contributed by atoms with Gasteiger partial charge in [0.05, 0.1) is 12.9 Å². The lowest BCUT2D eigenvalue weighted by Crippen LogP contribution is -2.19. The summed E-state index contributed by atoms with van der Waals surface area (Å²) >= 11 is 6.02. The molecule has 0 atom stereocenters. The molecule has 34 heavy (non-hydrogen) atoms. The fraction of sp³-hybridized carbons (Fsp3) is 0.0833. The Morgan fingerprint density at radius 3 is 2.56 bits per heavy atom. The first kappa shape index (κ1) is 21.6. The van der Waals surface area contributed by atoms with E-state index in [2.05, 4.69) is 20.3 Å². The van der Waals surface area contributed by atoms with Gasteiger partial charge in [-0.2, -0.15) is 4.98 Å². The van der Waals surface area contributed by atoms with E-state index >= 15 is 0 Å². The predicted molar refractivity (Wildman–Crippen MR) is 127 cm³/mol. The molecule has 0 spiro atoms. The fourth-order valence-electron chi connectivity index (χ4n) is 3.48. The number of benzene rings is 2. The third-order valence-electron chi connectivity index (χ3n) is 5.14. The number of hydrogen-bond acceptors (Lipinski definition) is 6. The molecule has 10 heteroatoms. The van der Waals surface area contributed by atoms with Crippen LogP contribution in [-0.4, -0.2) is 24.1 Å². The van der Waals surface area contributed by atoms with Gasteiger partial charge in [0.25, 0.3) is 5.88 Å². The van der Waals surface area contributed by atoms with Gasteiger partial charge in [-0.3, -0.25) is 9.36 Å². The molecule has 3 aromatic heterocycles. The number of hydrogen-bond donors (Lipinski definition) is 1. The van der Waals surface area contributed by atoms with Gasteiger partial charge >= 0.3 is 5.56 Å². The number of aromatic nitrogens is 5. The van der Waals surface area contributed by atoms with E-state index in [1.54, 1.807) is 54.3 Å². The first-order valence-corrected chi connectivity index (χ1v) is 10.7. The van der Waals surface area contributed by atoms with E-state index in [1.807, 2.05) is 16.7 Å². The van der Waals surface area contributed by atoms with Crippen molar-refractivity contribution < 1.29 is 9.13 Å². The standard InChI is InChI=1S/C24H18ClFN6O2/c1-31-14-28-21-20(31)22(33)30-24(32(21)13-15-4-6-16(25)7-5-15)29-17-8-10-18(11-9-17)34-23-19(26)3-2-12-27-23/h2-12,14H,13H2,1H3,(H,29,30,33). The van der Waals surface area contributed by atoms with Crippen molar-refractivity contribution in [3.63, 3.8) is 0 Å². The number of anilines is 2. The first-order valence-electron chi connectivity index (χ1n) is 10.3. The molecule has 8 nitrogen and oxygen atoms in total. The molecule has 0 aliphatic rings. The summed E-state index contributed by atoms with van der Waals surface area (Å²) in [6, 6.07) is 17.0. The van der Waals surface area contributed by atoms with Gasteiger partial charge in [0.2, 0.25) is 5.95 Å². The maximum absolute atomic E-state index is 13.8. The average Bonchev–Trinajstić information content (AvgIpc) is 3.22. The van der Waals surface area contributed by atoms with Gasteiger partial charge in [-0.25, -0.2) is 14.4 Å². The van der Waals surface area contributed by atoms with Gasteiger partial charge in [-0.05, 0) is 54.1 Å². The molecule has 0 bridgehead atoms. The molecule has 3 heterocycles. The quantitative estimate of drug-likeness (QED) is 0.375. The number of nitrogens with one attached hydrogen (secondary N) is 1. The van der Waals surface area contributed by atoms with Crippen molar-refractivity contribution >= 4 is 34.4 Å². The van der Waals surface area contributed by atoms with Crippen LogP contribution in [0.4, 0.5) is 16.0 Å². The molecule has 0 fully saturated rings. The highest BCUT2D eigenvalue weighted by Crippen LogP contribution is 2.25. The highest BCUT2D eigenvalue weighted by molar-refractivity contribution is 6.30. The molecule has 5 rings (SSSR count). The Morgan fingerprint density at radius 1 is 1.06 bits per heavy atom. The minimum atomic E-state index is -0.552. The van der Waals surface area contributed by atoms with Crippen LogP contribution in [0.1, 0.15) is 5.56 Å². The van der Waals surface area contributed by atoms with Crippen LogP contribution in [0.15, 0.2) is 78.0 Å². The Bertz CT molecular complexity index is 1530. The molecule has 0 aliphatic carbocycles. The van der Waals surface area contributed by atoms with E-state index in [9.17, 15) is 9.18 Å². The monoisotopic (exact) mass is 476 g/mol. The van der Waals surface area contributed by atoms with Crippen LogP contribution in [0, 0.1) is 5.82 Å². The Morgan fingerprint density at radius 2 is 1.82 bits per heavy atom. The van der Waals surface area contributed by atoms with Crippen molar-refractivity contribution in [2.75, 3.05) is 5.32 Å². The summed E-state index contributed by atoms with van der Waals surface area (Å²) in [5.41, 5.74) is 2.13. The van der Waals surface area contributed by atoms with E-state index < -0.39 is 11.4 Å². The number of nitrogens with zero attached hydrogens (tertiary/aromatic N) is 5. The third kappa shape index (κ3) is 4.33. The van der Waals surface area contributed by atoms with Crippen LogP contribution >= 0.6 is 11.6 Å². The number of aryl methyl sites for hydroxylation is 1. The minimum Gasteiger partial charge on any atom is -0.436 e. The smallest absolute Gasteiger partial charge is 0.300 e. The van der Waals surface area contributed by atoms with Crippen molar-refractivity contribution in [1.29, 1.82) is 0 Å². The second-order valence-corrected chi connectivity index (χ2v) is 7.96. The van der Waals surface area contributed by atoms with Gasteiger partial charge in [-0.15, -0.1) is 0 Å². The van der Waals surface area contributed by atoms with E-state index in [4.69, 9.17) is 16.3 Å².